The van der Waals surface area contributed by atoms with Gasteiger partial charge in [-0.2, -0.15) is 0 Å². The van der Waals surface area contributed by atoms with Gasteiger partial charge in [0, 0.05) is 11.9 Å². The fourth-order valence-corrected chi connectivity index (χ4v) is 3.12. The Kier molecular flexibility index (Phi) is 4.09. The molecule has 0 saturated heterocycles. The van der Waals surface area contributed by atoms with Gasteiger partial charge in [0.05, 0.1) is 17.3 Å². The van der Waals surface area contributed by atoms with Crippen molar-refractivity contribution < 1.29 is 9.53 Å². The van der Waals surface area contributed by atoms with Gasteiger partial charge in [0.2, 0.25) is 0 Å². The van der Waals surface area contributed by atoms with Crippen LogP contribution in [0.5, 0.6) is 5.75 Å². The highest BCUT2D eigenvalue weighted by Gasteiger charge is 2.18. The number of carbonyl (C=O) groups is 1. The molecule has 0 atom stereocenters. The first-order valence-corrected chi connectivity index (χ1v) is 7.89. The molecule has 1 N–H and O–H groups in total. The lowest BCUT2D eigenvalue weighted by Gasteiger charge is -2.08. The average molecular weight is 374 g/mol. The standard InChI is InChI=1S/C17H16BrN3O2/c1-10-8-14(18)16-19-11(2)15(21(16)9-10)17(22)20-12-4-6-13(23-3)7-5-12/h4-9H,1-3H3,(H,20,22). The van der Waals surface area contributed by atoms with E-state index >= 15 is 0 Å². The fourth-order valence-electron chi connectivity index (χ4n) is 2.48. The van der Waals surface area contributed by atoms with E-state index in [1.54, 1.807) is 31.4 Å². The second kappa shape index (κ2) is 6.04. The Bertz CT molecular complexity index is 885. The zero-order valence-electron chi connectivity index (χ0n) is 13.1. The largest absolute Gasteiger partial charge is 0.497 e. The van der Waals surface area contributed by atoms with E-state index in [-0.39, 0.29) is 5.91 Å². The molecule has 2 aromatic heterocycles. The van der Waals surface area contributed by atoms with Crippen molar-refractivity contribution in [2.24, 2.45) is 0 Å². The molecule has 0 radical (unpaired) electrons. The first-order chi connectivity index (χ1) is 11.0. The number of aryl methyl sites for hydroxylation is 2. The fraction of sp³-hybridized carbons (Fsp3) is 0.176. The lowest BCUT2D eigenvalue weighted by Crippen LogP contribution is -2.15. The van der Waals surface area contributed by atoms with Gasteiger partial charge in [-0.15, -0.1) is 0 Å². The van der Waals surface area contributed by atoms with Crippen molar-refractivity contribution in [1.82, 2.24) is 9.38 Å². The van der Waals surface area contributed by atoms with Gasteiger partial charge < -0.3 is 10.1 Å². The predicted molar refractivity (Wildman–Crippen MR) is 93.3 cm³/mol. The van der Waals surface area contributed by atoms with Crippen LogP contribution in [0.2, 0.25) is 0 Å². The molecule has 0 bridgehead atoms. The molecular formula is C17H16BrN3O2. The average Bonchev–Trinajstić information content (AvgIpc) is 2.84. The number of anilines is 1. The van der Waals surface area contributed by atoms with Crippen molar-refractivity contribution in [2.45, 2.75) is 13.8 Å². The van der Waals surface area contributed by atoms with Crippen LogP contribution in [0.3, 0.4) is 0 Å². The maximum atomic E-state index is 12.7. The number of halogens is 1. The molecule has 3 aromatic rings. The van der Waals surface area contributed by atoms with Crippen LogP contribution in [-0.2, 0) is 0 Å². The summed E-state index contributed by atoms with van der Waals surface area (Å²) in [6, 6.07) is 9.19. The van der Waals surface area contributed by atoms with Gasteiger partial charge in [-0.1, -0.05) is 0 Å². The molecule has 0 aliphatic rings. The van der Waals surface area contributed by atoms with Gasteiger partial charge in [-0.25, -0.2) is 4.98 Å². The number of hydrogen-bond donors (Lipinski definition) is 1. The van der Waals surface area contributed by atoms with Gasteiger partial charge in [0.25, 0.3) is 5.91 Å². The smallest absolute Gasteiger partial charge is 0.274 e. The maximum Gasteiger partial charge on any atom is 0.274 e. The lowest BCUT2D eigenvalue weighted by molar-refractivity contribution is 0.102. The summed E-state index contributed by atoms with van der Waals surface area (Å²) >= 11 is 3.50. The zero-order chi connectivity index (χ0) is 16.6. The van der Waals surface area contributed by atoms with Crippen molar-refractivity contribution in [3.8, 4) is 5.75 Å². The van der Waals surface area contributed by atoms with Crippen molar-refractivity contribution in [3.05, 3.63) is 58.0 Å². The van der Waals surface area contributed by atoms with Crippen LogP contribution >= 0.6 is 15.9 Å². The molecule has 1 aromatic carbocycles. The second-order valence-corrected chi connectivity index (χ2v) is 6.14. The molecule has 6 heteroatoms. The van der Waals surface area contributed by atoms with E-state index in [9.17, 15) is 4.79 Å². The van der Waals surface area contributed by atoms with Crippen molar-refractivity contribution >= 4 is 33.2 Å². The van der Waals surface area contributed by atoms with Crippen LogP contribution in [0.1, 0.15) is 21.7 Å². The maximum absolute atomic E-state index is 12.7. The molecule has 1 amide bonds. The Balaban J connectivity index is 1.98. The summed E-state index contributed by atoms with van der Waals surface area (Å²) in [5.74, 6) is 0.547. The predicted octanol–water partition coefficient (Wildman–Crippen LogP) is 3.97. The van der Waals surface area contributed by atoms with E-state index in [1.807, 2.05) is 30.5 Å². The first-order valence-electron chi connectivity index (χ1n) is 7.10. The van der Waals surface area contributed by atoms with Gasteiger partial charge in [-0.05, 0) is 65.7 Å². The number of pyridine rings is 1. The number of aromatic nitrogens is 2. The summed E-state index contributed by atoms with van der Waals surface area (Å²) in [4.78, 5) is 17.1. The normalized spacial score (nSPS) is 10.8. The van der Waals surface area contributed by atoms with E-state index in [4.69, 9.17) is 4.74 Å². The molecule has 23 heavy (non-hydrogen) atoms. The number of amides is 1. The number of benzene rings is 1. The van der Waals surface area contributed by atoms with Gasteiger partial charge in [0.15, 0.2) is 5.65 Å². The summed E-state index contributed by atoms with van der Waals surface area (Å²) < 4.78 is 7.80. The summed E-state index contributed by atoms with van der Waals surface area (Å²) in [7, 11) is 1.61. The van der Waals surface area contributed by atoms with Gasteiger partial charge >= 0.3 is 0 Å². The third-order valence-corrected chi connectivity index (χ3v) is 4.13. The minimum absolute atomic E-state index is 0.197. The summed E-state index contributed by atoms with van der Waals surface area (Å²) in [6.07, 6.45) is 1.91. The molecule has 0 saturated carbocycles. The molecule has 118 valence electrons. The zero-order valence-corrected chi connectivity index (χ0v) is 14.6. The highest BCUT2D eigenvalue weighted by molar-refractivity contribution is 9.10. The van der Waals surface area contributed by atoms with Crippen LogP contribution in [0.15, 0.2) is 41.0 Å². The van der Waals surface area contributed by atoms with Crippen LogP contribution in [0, 0.1) is 13.8 Å². The summed E-state index contributed by atoms with van der Waals surface area (Å²) in [5.41, 5.74) is 3.69. The second-order valence-electron chi connectivity index (χ2n) is 5.29. The number of nitrogens with zero attached hydrogens (tertiary/aromatic N) is 2. The molecule has 2 heterocycles. The number of nitrogens with one attached hydrogen (secondary N) is 1. The molecule has 0 spiro atoms. The molecule has 3 rings (SSSR count). The summed E-state index contributed by atoms with van der Waals surface area (Å²) in [5, 5.41) is 2.90. The van der Waals surface area contributed by atoms with Crippen LogP contribution in [0.25, 0.3) is 5.65 Å². The SMILES string of the molecule is COc1ccc(NC(=O)c2c(C)nc3c(Br)cc(C)cn23)cc1. The summed E-state index contributed by atoms with van der Waals surface area (Å²) in [6.45, 7) is 3.81. The third-order valence-electron chi connectivity index (χ3n) is 3.55. The number of fused-ring (bicyclic) bond motifs is 1. The Labute approximate surface area is 142 Å². The van der Waals surface area contributed by atoms with E-state index in [2.05, 4.69) is 26.2 Å². The van der Waals surface area contributed by atoms with E-state index in [1.165, 1.54) is 0 Å². The number of hydrogen-bond acceptors (Lipinski definition) is 3. The number of imidazole rings is 1. The van der Waals surface area contributed by atoms with Crippen molar-refractivity contribution in [2.75, 3.05) is 12.4 Å². The van der Waals surface area contributed by atoms with E-state index in [0.717, 1.165) is 21.4 Å². The van der Waals surface area contributed by atoms with Gasteiger partial charge in [-0.3, -0.25) is 9.20 Å². The minimum atomic E-state index is -0.197. The number of rotatable bonds is 3. The monoisotopic (exact) mass is 373 g/mol. The van der Waals surface area contributed by atoms with Crippen molar-refractivity contribution in [1.29, 1.82) is 0 Å². The Morgan fingerprint density at radius 2 is 1.96 bits per heavy atom. The number of ether oxygens (including phenoxy) is 1. The van der Waals surface area contributed by atoms with Crippen LogP contribution in [0.4, 0.5) is 5.69 Å². The lowest BCUT2D eigenvalue weighted by atomic mass is 10.2. The third kappa shape index (κ3) is 2.94. The molecule has 0 aliphatic carbocycles. The quantitative estimate of drug-likeness (QED) is 0.755. The van der Waals surface area contributed by atoms with Crippen LogP contribution < -0.4 is 10.1 Å². The molecule has 0 aliphatic heterocycles. The Hall–Kier alpha value is -2.34. The highest BCUT2D eigenvalue weighted by Crippen LogP contribution is 2.23. The van der Waals surface area contributed by atoms with E-state index < -0.39 is 0 Å². The van der Waals surface area contributed by atoms with Crippen molar-refractivity contribution in [3.63, 3.8) is 0 Å². The minimum Gasteiger partial charge on any atom is -0.497 e. The molecule has 0 fully saturated rings. The van der Waals surface area contributed by atoms with E-state index in [0.29, 0.717) is 17.1 Å². The molecule has 0 unspecified atom stereocenters. The molecule has 5 nitrogen and oxygen atoms in total. The Morgan fingerprint density at radius 3 is 2.61 bits per heavy atom. The topological polar surface area (TPSA) is 55.6 Å². The number of carbonyl (C=O) groups excluding carboxylic acids is 1. The Morgan fingerprint density at radius 1 is 1.26 bits per heavy atom. The highest BCUT2D eigenvalue weighted by atomic mass is 79.9. The van der Waals surface area contributed by atoms with Crippen LogP contribution in [-0.4, -0.2) is 22.4 Å². The van der Waals surface area contributed by atoms with Gasteiger partial charge in [0.1, 0.15) is 11.4 Å². The molecular weight excluding hydrogens is 358 g/mol. The number of methoxy groups -OCH3 is 1. The first kappa shape index (κ1) is 15.6.